The highest BCUT2D eigenvalue weighted by atomic mass is 16.3. The van der Waals surface area contributed by atoms with Crippen LogP contribution in [-0.4, -0.2) is 83.2 Å². The summed E-state index contributed by atoms with van der Waals surface area (Å²) in [6.45, 7) is 14.9. The van der Waals surface area contributed by atoms with Gasteiger partial charge in [0.05, 0.1) is 12.6 Å². The van der Waals surface area contributed by atoms with Gasteiger partial charge >= 0.3 is 0 Å². The first kappa shape index (κ1) is 17.4. The van der Waals surface area contributed by atoms with E-state index in [2.05, 4.69) is 37.5 Å². The van der Waals surface area contributed by atoms with E-state index in [1.165, 1.54) is 0 Å². The summed E-state index contributed by atoms with van der Waals surface area (Å²) in [7, 11) is 0. The van der Waals surface area contributed by atoms with Crippen molar-refractivity contribution in [3.63, 3.8) is 0 Å². The van der Waals surface area contributed by atoms with Gasteiger partial charge in [0.25, 0.3) is 0 Å². The molecule has 0 aromatic rings. The summed E-state index contributed by atoms with van der Waals surface area (Å²) in [5.74, 6) is 0.227. The monoisotopic (exact) mass is 285 g/mol. The first-order valence-electron chi connectivity index (χ1n) is 7.78. The molecule has 0 radical (unpaired) electrons. The molecule has 1 amide bonds. The van der Waals surface area contributed by atoms with Crippen LogP contribution in [0.4, 0.5) is 0 Å². The lowest BCUT2D eigenvalue weighted by Gasteiger charge is -2.40. The van der Waals surface area contributed by atoms with E-state index in [1.807, 2.05) is 11.8 Å². The Labute approximate surface area is 123 Å². The molecule has 20 heavy (non-hydrogen) atoms. The van der Waals surface area contributed by atoms with Gasteiger partial charge in [0.1, 0.15) is 0 Å². The molecule has 1 heterocycles. The highest BCUT2D eigenvalue weighted by Crippen LogP contribution is 2.13. The van der Waals surface area contributed by atoms with Crippen LogP contribution in [0.15, 0.2) is 0 Å². The van der Waals surface area contributed by atoms with Gasteiger partial charge in [-0.2, -0.15) is 0 Å². The number of nitrogens with zero attached hydrogens (tertiary/aromatic N) is 3. The Hall–Kier alpha value is -0.650. The summed E-state index contributed by atoms with van der Waals surface area (Å²) in [6, 6.07) is 0.414. The Morgan fingerprint density at radius 1 is 1.05 bits per heavy atom. The number of carbonyl (C=O) groups excluding carboxylic acids is 1. The minimum atomic E-state index is -0.0592. The molecule has 1 unspecified atom stereocenters. The summed E-state index contributed by atoms with van der Waals surface area (Å²) in [5.41, 5.74) is 0. The zero-order valence-electron chi connectivity index (χ0n) is 13.7. The Kier molecular flexibility index (Phi) is 6.92. The fourth-order valence-electron chi connectivity index (χ4n) is 2.99. The predicted octanol–water partition coefficient (Wildman–Crippen LogP) is 0.630. The second-order valence-electron chi connectivity index (χ2n) is 6.21. The largest absolute Gasteiger partial charge is 0.395 e. The number of carbonyl (C=O) groups is 1. The average molecular weight is 285 g/mol. The molecule has 1 rings (SSSR count). The molecular weight excluding hydrogens is 254 g/mol. The average Bonchev–Trinajstić information content (AvgIpc) is 2.38. The molecular formula is C15H31N3O2. The third-order valence-electron chi connectivity index (χ3n) is 4.10. The summed E-state index contributed by atoms with van der Waals surface area (Å²) in [4.78, 5) is 19.1. The molecule has 0 aromatic carbocycles. The van der Waals surface area contributed by atoms with Crippen molar-refractivity contribution in [2.45, 2.75) is 52.7 Å². The zero-order valence-corrected chi connectivity index (χ0v) is 13.7. The molecule has 0 bridgehead atoms. The van der Waals surface area contributed by atoms with E-state index in [0.717, 1.165) is 32.7 Å². The maximum absolute atomic E-state index is 12.7. The minimum Gasteiger partial charge on any atom is -0.395 e. The third-order valence-corrected chi connectivity index (χ3v) is 4.10. The highest BCUT2D eigenvalue weighted by molar-refractivity contribution is 5.82. The number of aliphatic hydroxyl groups is 1. The number of piperazine rings is 1. The number of β-amino-alcohol motifs (C(OH)–C–C–N with tert-alkyl or cyclic N) is 1. The van der Waals surface area contributed by atoms with Crippen molar-refractivity contribution >= 4 is 5.91 Å². The molecule has 1 saturated heterocycles. The summed E-state index contributed by atoms with van der Waals surface area (Å²) >= 11 is 0. The second kappa shape index (κ2) is 7.96. The molecule has 1 atom stereocenters. The lowest BCUT2D eigenvalue weighted by molar-refractivity contribution is -0.140. The first-order valence-corrected chi connectivity index (χ1v) is 7.78. The van der Waals surface area contributed by atoms with Crippen LogP contribution >= 0.6 is 0 Å². The zero-order chi connectivity index (χ0) is 15.3. The van der Waals surface area contributed by atoms with E-state index < -0.39 is 0 Å². The van der Waals surface area contributed by atoms with Gasteiger partial charge in [-0.25, -0.2) is 0 Å². The molecule has 5 nitrogen and oxygen atoms in total. The maximum Gasteiger partial charge on any atom is 0.240 e. The van der Waals surface area contributed by atoms with Crippen LogP contribution in [0.3, 0.4) is 0 Å². The number of aliphatic hydroxyl groups excluding tert-OH is 1. The van der Waals surface area contributed by atoms with Crippen molar-refractivity contribution in [1.29, 1.82) is 0 Å². The fourth-order valence-corrected chi connectivity index (χ4v) is 2.99. The number of hydrogen-bond donors (Lipinski definition) is 1. The van der Waals surface area contributed by atoms with Crippen molar-refractivity contribution < 1.29 is 9.90 Å². The standard InChI is InChI=1S/C15H31N3O2/c1-12(2)18(13(3)4)15(20)14(5)17-8-6-16(7-9-17)10-11-19/h12-14,19H,6-11H2,1-5H3. The lowest BCUT2D eigenvalue weighted by Crippen LogP contribution is -2.56. The van der Waals surface area contributed by atoms with Crippen molar-refractivity contribution in [3.8, 4) is 0 Å². The molecule has 0 spiro atoms. The summed E-state index contributed by atoms with van der Waals surface area (Å²) < 4.78 is 0. The van der Waals surface area contributed by atoms with Crippen LogP contribution in [-0.2, 0) is 4.79 Å². The van der Waals surface area contributed by atoms with Gasteiger partial charge < -0.3 is 10.0 Å². The lowest BCUT2D eigenvalue weighted by atomic mass is 10.1. The van der Waals surface area contributed by atoms with Gasteiger partial charge in [0.15, 0.2) is 0 Å². The predicted molar refractivity (Wildman–Crippen MR) is 81.7 cm³/mol. The molecule has 118 valence electrons. The highest BCUT2D eigenvalue weighted by Gasteiger charge is 2.30. The summed E-state index contributed by atoms with van der Waals surface area (Å²) in [5, 5.41) is 8.96. The van der Waals surface area contributed by atoms with Crippen LogP contribution in [0.2, 0.25) is 0 Å². The normalized spacial score (nSPS) is 19.6. The quantitative estimate of drug-likeness (QED) is 0.777. The van der Waals surface area contributed by atoms with Gasteiger partial charge in [-0.05, 0) is 34.6 Å². The Bertz CT molecular complexity index is 291. The van der Waals surface area contributed by atoms with Gasteiger partial charge in [0, 0.05) is 44.8 Å². The molecule has 1 N–H and O–H groups in total. The molecule has 0 aromatic heterocycles. The topological polar surface area (TPSA) is 47.0 Å². The molecule has 0 saturated carbocycles. The Morgan fingerprint density at radius 3 is 1.95 bits per heavy atom. The van der Waals surface area contributed by atoms with Crippen LogP contribution in [0.1, 0.15) is 34.6 Å². The fraction of sp³-hybridized carbons (Fsp3) is 0.933. The third kappa shape index (κ3) is 4.43. The Morgan fingerprint density at radius 2 is 1.55 bits per heavy atom. The molecule has 1 aliphatic heterocycles. The van der Waals surface area contributed by atoms with Crippen LogP contribution in [0, 0.1) is 0 Å². The van der Waals surface area contributed by atoms with E-state index in [-0.39, 0.29) is 30.6 Å². The van der Waals surface area contributed by atoms with Crippen LogP contribution in [0.5, 0.6) is 0 Å². The molecule has 5 heteroatoms. The van der Waals surface area contributed by atoms with Gasteiger partial charge in [-0.1, -0.05) is 0 Å². The van der Waals surface area contributed by atoms with Crippen molar-refractivity contribution in [1.82, 2.24) is 14.7 Å². The van der Waals surface area contributed by atoms with Gasteiger partial charge in [-0.3, -0.25) is 14.6 Å². The van der Waals surface area contributed by atoms with Gasteiger partial charge in [-0.15, -0.1) is 0 Å². The van der Waals surface area contributed by atoms with Crippen molar-refractivity contribution in [2.24, 2.45) is 0 Å². The van der Waals surface area contributed by atoms with E-state index in [4.69, 9.17) is 5.11 Å². The molecule has 1 fully saturated rings. The van der Waals surface area contributed by atoms with E-state index >= 15 is 0 Å². The summed E-state index contributed by atoms with van der Waals surface area (Å²) in [6.07, 6.45) is 0. The smallest absolute Gasteiger partial charge is 0.240 e. The van der Waals surface area contributed by atoms with E-state index in [1.54, 1.807) is 0 Å². The van der Waals surface area contributed by atoms with Gasteiger partial charge in [0.2, 0.25) is 5.91 Å². The first-order chi connectivity index (χ1) is 9.38. The van der Waals surface area contributed by atoms with E-state index in [9.17, 15) is 4.79 Å². The molecule has 0 aliphatic carbocycles. The van der Waals surface area contributed by atoms with Crippen molar-refractivity contribution in [2.75, 3.05) is 39.3 Å². The second-order valence-corrected chi connectivity index (χ2v) is 6.21. The molecule has 1 aliphatic rings. The minimum absolute atomic E-state index is 0.0592. The van der Waals surface area contributed by atoms with E-state index in [0.29, 0.717) is 0 Å². The van der Waals surface area contributed by atoms with Crippen LogP contribution < -0.4 is 0 Å². The Balaban J connectivity index is 2.57. The number of rotatable bonds is 6. The number of amides is 1. The van der Waals surface area contributed by atoms with Crippen LogP contribution in [0.25, 0.3) is 0 Å². The number of hydrogen-bond acceptors (Lipinski definition) is 4. The maximum atomic E-state index is 12.7. The van der Waals surface area contributed by atoms with Crippen molar-refractivity contribution in [3.05, 3.63) is 0 Å². The SMILES string of the molecule is CC(C(=O)N(C(C)C)C(C)C)N1CCN(CCO)CC1.